The Hall–Kier alpha value is -0.240. The Bertz CT molecular complexity index is 217. The molecule has 3 heteroatoms. The Morgan fingerprint density at radius 2 is 1.92 bits per heavy atom. The summed E-state index contributed by atoms with van der Waals surface area (Å²) in [6.07, 6.45) is 6.66. The van der Waals surface area contributed by atoms with Crippen LogP contribution in [-0.2, 0) is 0 Å². The number of nitrogens with zero attached hydrogens (tertiary/aromatic N) is 2. The topological polar surface area (TPSA) is 15.6 Å². The molecule has 0 radical (unpaired) electrons. The van der Waals surface area contributed by atoms with Gasteiger partial charge >= 0.3 is 0 Å². The van der Waals surface area contributed by atoms with Crippen LogP contribution in [0.1, 0.15) is 32.1 Å². The van der Waals surface area contributed by atoms with Crippen LogP contribution >= 0.6 is 12.2 Å². The SMILES string of the molecule is S=C=NC1CCC1N1CCCCC1. The van der Waals surface area contributed by atoms with Gasteiger partial charge in [0.05, 0.1) is 11.2 Å². The minimum Gasteiger partial charge on any atom is -0.298 e. The summed E-state index contributed by atoms with van der Waals surface area (Å²) in [7, 11) is 0. The molecule has 0 aromatic heterocycles. The molecule has 1 aliphatic carbocycles. The monoisotopic (exact) mass is 196 g/mol. The standard InChI is InChI=1S/C10H16N2S/c13-8-11-9-4-5-10(9)12-6-2-1-3-7-12/h9-10H,1-7H2. The van der Waals surface area contributed by atoms with Crippen molar-refractivity contribution in [3.8, 4) is 0 Å². The van der Waals surface area contributed by atoms with Gasteiger partial charge < -0.3 is 0 Å². The molecule has 72 valence electrons. The van der Waals surface area contributed by atoms with E-state index in [1.165, 1.54) is 45.2 Å². The molecule has 2 atom stereocenters. The molecule has 1 aliphatic heterocycles. The average molecular weight is 196 g/mol. The number of aliphatic imine (C=N–C) groups is 1. The predicted octanol–water partition coefficient (Wildman–Crippen LogP) is 2.11. The Morgan fingerprint density at radius 1 is 1.15 bits per heavy atom. The predicted molar refractivity (Wildman–Crippen MR) is 57.3 cm³/mol. The van der Waals surface area contributed by atoms with Crippen LogP contribution in [0.15, 0.2) is 4.99 Å². The quantitative estimate of drug-likeness (QED) is 0.496. The van der Waals surface area contributed by atoms with Gasteiger partial charge in [-0.25, -0.2) is 4.99 Å². The second kappa shape index (κ2) is 4.32. The van der Waals surface area contributed by atoms with Crippen molar-refractivity contribution in [2.75, 3.05) is 13.1 Å². The van der Waals surface area contributed by atoms with E-state index in [1.807, 2.05) is 0 Å². The largest absolute Gasteiger partial charge is 0.298 e. The Labute approximate surface area is 85.0 Å². The highest BCUT2D eigenvalue weighted by Gasteiger charge is 2.35. The van der Waals surface area contributed by atoms with Crippen LogP contribution in [0.4, 0.5) is 0 Å². The summed E-state index contributed by atoms with van der Waals surface area (Å²) in [6.45, 7) is 2.54. The van der Waals surface area contributed by atoms with Crippen molar-refractivity contribution < 1.29 is 0 Å². The Kier molecular flexibility index (Phi) is 3.09. The van der Waals surface area contributed by atoms with E-state index in [0.29, 0.717) is 12.1 Å². The highest BCUT2D eigenvalue weighted by atomic mass is 32.1. The lowest BCUT2D eigenvalue weighted by atomic mass is 9.84. The van der Waals surface area contributed by atoms with Crippen LogP contribution in [0.5, 0.6) is 0 Å². The molecule has 13 heavy (non-hydrogen) atoms. The Balaban J connectivity index is 1.88. The maximum absolute atomic E-state index is 4.65. The van der Waals surface area contributed by atoms with E-state index >= 15 is 0 Å². The molecule has 0 N–H and O–H groups in total. The summed E-state index contributed by atoms with van der Waals surface area (Å²) in [5.41, 5.74) is 0. The van der Waals surface area contributed by atoms with Crippen molar-refractivity contribution in [3.05, 3.63) is 0 Å². The zero-order valence-corrected chi connectivity index (χ0v) is 8.72. The molecule has 0 bridgehead atoms. The molecule has 0 aromatic carbocycles. The number of thiocarbonyl (C=S) groups is 1. The highest BCUT2D eigenvalue weighted by Crippen LogP contribution is 2.30. The fourth-order valence-electron chi connectivity index (χ4n) is 2.36. The first-order valence-corrected chi connectivity index (χ1v) is 5.63. The van der Waals surface area contributed by atoms with Gasteiger partial charge in [-0.15, -0.1) is 0 Å². The summed E-state index contributed by atoms with van der Waals surface area (Å²) in [5.74, 6) is 0. The molecule has 2 aliphatic rings. The molecule has 1 saturated heterocycles. The van der Waals surface area contributed by atoms with E-state index in [2.05, 4.69) is 27.3 Å². The van der Waals surface area contributed by atoms with E-state index < -0.39 is 0 Å². The van der Waals surface area contributed by atoms with E-state index in [0.717, 1.165) is 0 Å². The third-order valence-corrected chi connectivity index (χ3v) is 3.39. The number of hydrogen-bond donors (Lipinski definition) is 0. The minimum absolute atomic E-state index is 0.468. The summed E-state index contributed by atoms with van der Waals surface area (Å²) < 4.78 is 0. The molecule has 0 aromatic rings. The third-order valence-electron chi connectivity index (χ3n) is 3.28. The van der Waals surface area contributed by atoms with Gasteiger partial charge in [0.15, 0.2) is 0 Å². The fourth-order valence-corrected chi connectivity index (χ4v) is 2.49. The lowest BCUT2D eigenvalue weighted by molar-refractivity contribution is 0.0860. The van der Waals surface area contributed by atoms with E-state index in [1.54, 1.807) is 0 Å². The summed E-state index contributed by atoms with van der Waals surface area (Å²) in [4.78, 5) is 6.80. The first kappa shape index (κ1) is 9.32. The van der Waals surface area contributed by atoms with Gasteiger partial charge in [0.2, 0.25) is 0 Å². The second-order valence-corrected chi connectivity index (χ2v) is 4.21. The van der Waals surface area contributed by atoms with Crippen LogP contribution < -0.4 is 0 Å². The first-order chi connectivity index (χ1) is 6.42. The zero-order chi connectivity index (χ0) is 9.10. The van der Waals surface area contributed by atoms with Crippen molar-refractivity contribution in [1.82, 2.24) is 4.90 Å². The summed E-state index contributed by atoms with van der Waals surface area (Å²) in [5, 5.41) is 2.52. The van der Waals surface area contributed by atoms with Gasteiger partial charge in [0, 0.05) is 6.04 Å². The molecule has 0 amide bonds. The van der Waals surface area contributed by atoms with Gasteiger partial charge in [-0.05, 0) is 51.0 Å². The van der Waals surface area contributed by atoms with Gasteiger partial charge in [-0.1, -0.05) is 6.42 Å². The highest BCUT2D eigenvalue weighted by molar-refractivity contribution is 7.78. The molecular formula is C10H16N2S. The molecule has 1 saturated carbocycles. The number of rotatable bonds is 2. The van der Waals surface area contributed by atoms with Crippen molar-refractivity contribution in [1.29, 1.82) is 0 Å². The van der Waals surface area contributed by atoms with Crippen molar-refractivity contribution in [2.45, 2.75) is 44.2 Å². The fraction of sp³-hybridized carbons (Fsp3) is 0.900. The molecule has 1 heterocycles. The van der Waals surface area contributed by atoms with E-state index in [9.17, 15) is 0 Å². The van der Waals surface area contributed by atoms with E-state index in [-0.39, 0.29) is 0 Å². The van der Waals surface area contributed by atoms with Gasteiger partial charge in [-0.3, -0.25) is 4.90 Å². The summed E-state index contributed by atoms with van der Waals surface area (Å²) in [6, 6.07) is 1.16. The minimum atomic E-state index is 0.468. The van der Waals surface area contributed by atoms with Crippen LogP contribution in [0.2, 0.25) is 0 Å². The lowest BCUT2D eigenvalue weighted by Gasteiger charge is -2.43. The van der Waals surface area contributed by atoms with Gasteiger partial charge in [0.25, 0.3) is 0 Å². The maximum Gasteiger partial charge on any atom is 0.0758 e. The third kappa shape index (κ3) is 1.98. The normalized spacial score (nSPS) is 34.8. The Morgan fingerprint density at radius 3 is 2.46 bits per heavy atom. The second-order valence-electron chi connectivity index (χ2n) is 4.03. The van der Waals surface area contributed by atoms with Crippen LogP contribution in [-0.4, -0.2) is 35.2 Å². The molecule has 2 rings (SSSR count). The van der Waals surface area contributed by atoms with Crippen LogP contribution in [0.3, 0.4) is 0 Å². The number of likely N-dealkylation sites (tertiary alicyclic amines) is 1. The molecular weight excluding hydrogens is 180 g/mol. The van der Waals surface area contributed by atoms with Crippen molar-refractivity contribution >= 4 is 17.4 Å². The average Bonchev–Trinajstić information content (AvgIpc) is 2.14. The van der Waals surface area contributed by atoms with Gasteiger partial charge in [-0.2, -0.15) is 0 Å². The van der Waals surface area contributed by atoms with Crippen molar-refractivity contribution in [3.63, 3.8) is 0 Å². The number of piperidine rings is 1. The molecule has 0 spiro atoms. The maximum atomic E-state index is 4.65. The first-order valence-electron chi connectivity index (χ1n) is 5.23. The van der Waals surface area contributed by atoms with Crippen molar-refractivity contribution in [2.24, 2.45) is 4.99 Å². The molecule has 2 unspecified atom stereocenters. The lowest BCUT2D eigenvalue weighted by Crippen LogP contribution is -2.51. The molecule has 2 nitrogen and oxygen atoms in total. The van der Waals surface area contributed by atoms with E-state index in [4.69, 9.17) is 0 Å². The molecule has 2 fully saturated rings. The summed E-state index contributed by atoms with van der Waals surface area (Å²) >= 11 is 4.65. The smallest absolute Gasteiger partial charge is 0.0758 e. The van der Waals surface area contributed by atoms with Crippen LogP contribution in [0.25, 0.3) is 0 Å². The number of isothiocyanates is 1. The number of hydrogen-bond acceptors (Lipinski definition) is 3. The zero-order valence-electron chi connectivity index (χ0n) is 7.91. The van der Waals surface area contributed by atoms with Crippen LogP contribution in [0, 0.1) is 0 Å². The van der Waals surface area contributed by atoms with Gasteiger partial charge in [0.1, 0.15) is 0 Å².